The summed E-state index contributed by atoms with van der Waals surface area (Å²) in [6.45, 7) is 3.43. The molecule has 0 saturated heterocycles. The van der Waals surface area contributed by atoms with E-state index in [1.807, 2.05) is 6.92 Å². The summed E-state index contributed by atoms with van der Waals surface area (Å²) in [7, 11) is 0. The van der Waals surface area contributed by atoms with Gasteiger partial charge in [-0.15, -0.1) is 0 Å². The van der Waals surface area contributed by atoms with Crippen molar-refractivity contribution in [3.05, 3.63) is 0 Å². The summed E-state index contributed by atoms with van der Waals surface area (Å²) in [5.41, 5.74) is -0.651. The molecule has 124 valence electrons. The SMILES string of the molecule is CC(O)CO.CCCCC1(C(=O)O)CCC(C(=O)O)CC1. The zero-order valence-corrected chi connectivity index (χ0v) is 12.9. The average Bonchev–Trinajstić information content (AvgIpc) is 2.45. The molecule has 1 atom stereocenters. The summed E-state index contributed by atoms with van der Waals surface area (Å²) in [5, 5.41) is 34.2. The highest BCUT2D eigenvalue weighted by molar-refractivity contribution is 5.76. The molecule has 1 saturated carbocycles. The lowest BCUT2D eigenvalue weighted by Crippen LogP contribution is -2.37. The third kappa shape index (κ3) is 6.91. The van der Waals surface area contributed by atoms with E-state index in [1.165, 1.54) is 6.92 Å². The molecule has 0 bridgehead atoms. The van der Waals surface area contributed by atoms with Crippen LogP contribution in [0.5, 0.6) is 0 Å². The Labute approximate surface area is 125 Å². The first-order valence-electron chi connectivity index (χ1n) is 7.54. The van der Waals surface area contributed by atoms with Crippen molar-refractivity contribution < 1.29 is 30.0 Å². The third-order valence-electron chi connectivity index (χ3n) is 4.02. The predicted octanol–water partition coefficient (Wildman–Crippen LogP) is 1.88. The number of hydrogen-bond donors (Lipinski definition) is 4. The normalized spacial score (nSPS) is 26.4. The molecule has 0 radical (unpaired) electrons. The van der Waals surface area contributed by atoms with Gasteiger partial charge in [-0.2, -0.15) is 0 Å². The second-order valence-electron chi connectivity index (χ2n) is 5.83. The van der Waals surface area contributed by atoms with Gasteiger partial charge in [0.25, 0.3) is 0 Å². The summed E-state index contributed by atoms with van der Waals surface area (Å²) >= 11 is 0. The molecule has 0 amide bonds. The second-order valence-corrected chi connectivity index (χ2v) is 5.83. The van der Waals surface area contributed by atoms with Gasteiger partial charge < -0.3 is 20.4 Å². The van der Waals surface area contributed by atoms with Crippen molar-refractivity contribution in [3.63, 3.8) is 0 Å². The maximum Gasteiger partial charge on any atom is 0.309 e. The maximum atomic E-state index is 11.3. The lowest BCUT2D eigenvalue weighted by Gasteiger charge is -2.35. The summed E-state index contributed by atoms with van der Waals surface area (Å²) < 4.78 is 0. The maximum absolute atomic E-state index is 11.3. The highest BCUT2D eigenvalue weighted by atomic mass is 16.4. The minimum absolute atomic E-state index is 0.139. The Balaban J connectivity index is 0.000000690. The van der Waals surface area contributed by atoms with Gasteiger partial charge in [-0.05, 0) is 39.0 Å². The predicted molar refractivity (Wildman–Crippen MR) is 78.0 cm³/mol. The fourth-order valence-electron chi connectivity index (χ4n) is 2.50. The van der Waals surface area contributed by atoms with E-state index in [9.17, 15) is 14.7 Å². The number of unbranched alkanes of at least 4 members (excludes halogenated alkanes) is 1. The number of hydrogen-bond acceptors (Lipinski definition) is 4. The van der Waals surface area contributed by atoms with Crippen molar-refractivity contribution in [3.8, 4) is 0 Å². The van der Waals surface area contributed by atoms with Crippen LogP contribution in [0.3, 0.4) is 0 Å². The summed E-state index contributed by atoms with van der Waals surface area (Å²) in [5.74, 6) is -1.87. The summed E-state index contributed by atoms with van der Waals surface area (Å²) in [6.07, 6.45) is 4.05. The van der Waals surface area contributed by atoms with Crippen molar-refractivity contribution in [2.24, 2.45) is 11.3 Å². The van der Waals surface area contributed by atoms with Crippen molar-refractivity contribution in [2.45, 2.75) is 64.9 Å². The van der Waals surface area contributed by atoms with Crippen LogP contribution in [0.4, 0.5) is 0 Å². The zero-order chi connectivity index (χ0) is 16.5. The Morgan fingerprint density at radius 2 is 1.71 bits per heavy atom. The number of carbonyl (C=O) groups is 2. The van der Waals surface area contributed by atoms with Gasteiger partial charge in [0.1, 0.15) is 0 Å². The van der Waals surface area contributed by atoms with Crippen LogP contribution >= 0.6 is 0 Å². The Bertz CT molecular complexity index is 318. The molecule has 1 aliphatic carbocycles. The number of rotatable bonds is 6. The standard InChI is InChI=1S/C12H20O4.C3H8O2/c1-2-3-6-12(11(15)16)7-4-9(5-8-12)10(13)14;1-3(5)2-4/h9H,2-8H2,1H3,(H,13,14)(H,15,16);3-5H,2H2,1H3. The van der Waals surface area contributed by atoms with Gasteiger partial charge in [0.2, 0.25) is 0 Å². The number of aliphatic carboxylic acids is 2. The van der Waals surface area contributed by atoms with Crippen LogP contribution in [-0.4, -0.2) is 45.1 Å². The first-order valence-corrected chi connectivity index (χ1v) is 7.54. The molecule has 6 heteroatoms. The van der Waals surface area contributed by atoms with E-state index in [0.29, 0.717) is 32.1 Å². The van der Waals surface area contributed by atoms with Gasteiger partial charge in [0.15, 0.2) is 0 Å². The molecular formula is C15H28O6. The molecule has 0 spiro atoms. The Morgan fingerprint density at radius 3 is 2.00 bits per heavy atom. The molecule has 21 heavy (non-hydrogen) atoms. The monoisotopic (exact) mass is 304 g/mol. The highest BCUT2D eigenvalue weighted by Gasteiger charge is 2.42. The topological polar surface area (TPSA) is 115 Å². The van der Waals surface area contributed by atoms with Crippen molar-refractivity contribution in [1.29, 1.82) is 0 Å². The van der Waals surface area contributed by atoms with Crippen molar-refractivity contribution in [2.75, 3.05) is 6.61 Å². The lowest BCUT2D eigenvalue weighted by molar-refractivity contribution is -0.156. The van der Waals surface area contributed by atoms with Crippen LogP contribution in [0.2, 0.25) is 0 Å². The van der Waals surface area contributed by atoms with E-state index < -0.39 is 23.5 Å². The van der Waals surface area contributed by atoms with Crippen molar-refractivity contribution in [1.82, 2.24) is 0 Å². The van der Waals surface area contributed by atoms with E-state index in [0.717, 1.165) is 12.8 Å². The molecule has 1 fully saturated rings. The van der Waals surface area contributed by atoms with Crippen LogP contribution in [0.15, 0.2) is 0 Å². The van der Waals surface area contributed by atoms with E-state index in [4.69, 9.17) is 15.3 Å². The van der Waals surface area contributed by atoms with Gasteiger partial charge in [0, 0.05) is 0 Å². The van der Waals surface area contributed by atoms with E-state index in [1.54, 1.807) is 0 Å². The first-order chi connectivity index (χ1) is 9.79. The molecule has 4 N–H and O–H groups in total. The number of aliphatic hydroxyl groups is 2. The average molecular weight is 304 g/mol. The molecule has 6 nitrogen and oxygen atoms in total. The van der Waals surface area contributed by atoms with Gasteiger partial charge in [0.05, 0.1) is 24.0 Å². The second kappa shape index (κ2) is 9.73. The van der Waals surface area contributed by atoms with Crippen LogP contribution < -0.4 is 0 Å². The minimum atomic E-state index is -0.783. The first kappa shape index (κ1) is 19.9. The highest BCUT2D eigenvalue weighted by Crippen LogP contribution is 2.43. The Morgan fingerprint density at radius 1 is 1.24 bits per heavy atom. The van der Waals surface area contributed by atoms with E-state index >= 15 is 0 Å². The van der Waals surface area contributed by atoms with Gasteiger partial charge >= 0.3 is 11.9 Å². The molecule has 0 aliphatic heterocycles. The molecule has 0 aromatic carbocycles. The number of aliphatic hydroxyl groups excluding tert-OH is 2. The Hall–Kier alpha value is -1.14. The molecule has 0 aromatic rings. The van der Waals surface area contributed by atoms with Crippen LogP contribution in [0.1, 0.15) is 58.8 Å². The third-order valence-corrected chi connectivity index (χ3v) is 4.02. The van der Waals surface area contributed by atoms with Gasteiger partial charge in [-0.25, -0.2) is 0 Å². The van der Waals surface area contributed by atoms with Crippen LogP contribution in [0, 0.1) is 11.3 Å². The molecule has 0 heterocycles. The van der Waals surface area contributed by atoms with E-state index in [-0.39, 0.29) is 12.5 Å². The fourth-order valence-corrected chi connectivity index (χ4v) is 2.50. The van der Waals surface area contributed by atoms with Crippen LogP contribution in [-0.2, 0) is 9.59 Å². The minimum Gasteiger partial charge on any atom is -0.481 e. The van der Waals surface area contributed by atoms with Gasteiger partial charge in [-0.3, -0.25) is 9.59 Å². The molecule has 1 rings (SSSR count). The largest absolute Gasteiger partial charge is 0.481 e. The molecule has 0 aromatic heterocycles. The number of carboxylic acid groups (broad SMARTS) is 2. The quantitative estimate of drug-likeness (QED) is 0.595. The van der Waals surface area contributed by atoms with Gasteiger partial charge in [-0.1, -0.05) is 19.8 Å². The Kier molecular flexibility index (Phi) is 9.21. The zero-order valence-electron chi connectivity index (χ0n) is 12.9. The van der Waals surface area contributed by atoms with E-state index in [2.05, 4.69) is 0 Å². The fraction of sp³-hybridized carbons (Fsp3) is 0.867. The smallest absolute Gasteiger partial charge is 0.309 e. The molecule has 1 aliphatic rings. The molecule has 1 unspecified atom stereocenters. The van der Waals surface area contributed by atoms with Crippen molar-refractivity contribution >= 4 is 11.9 Å². The number of carboxylic acids is 2. The lowest BCUT2D eigenvalue weighted by atomic mass is 9.68. The summed E-state index contributed by atoms with van der Waals surface area (Å²) in [4.78, 5) is 22.1. The molecular weight excluding hydrogens is 276 g/mol. The van der Waals surface area contributed by atoms with Crippen LogP contribution in [0.25, 0.3) is 0 Å². The summed E-state index contributed by atoms with van der Waals surface area (Å²) in [6, 6.07) is 0.